The molecule has 0 unspecified atom stereocenters. The Balaban J connectivity index is 1.66. The minimum absolute atomic E-state index is 0.153. The third-order valence-corrected chi connectivity index (χ3v) is 5.15. The molecule has 2 aliphatic heterocycles. The molecule has 0 saturated carbocycles. The van der Waals surface area contributed by atoms with Crippen LogP contribution in [0.25, 0.3) is 0 Å². The van der Waals surface area contributed by atoms with E-state index < -0.39 is 12.1 Å². The number of halogens is 1. The lowest BCUT2D eigenvalue weighted by Crippen LogP contribution is -2.51. The lowest BCUT2D eigenvalue weighted by atomic mass is 10.2. The van der Waals surface area contributed by atoms with Crippen molar-refractivity contribution in [2.24, 2.45) is 0 Å². The van der Waals surface area contributed by atoms with Crippen LogP contribution in [0.3, 0.4) is 0 Å². The molecule has 0 aliphatic carbocycles. The van der Waals surface area contributed by atoms with Gasteiger partial charge in [-0.25, -0.2) is 9.18 Å². The van der Waals surface area contributed by atoms with Gasteiger partial charge in [-0.05, 0) is 26.7 Å². The zero-order chi connectivity index (χ0) is 16.1. The number of nitrogens with zero attached hydrogens (tertiary/aromatic N) is 3. The third kappa shape index (κ3) is 4.64. The van der Waals surface area contributed by atoms with Crippen molar-refractivity contribution < 1.29 is 13.9 Å². The molecule has 0 N–H and O–H groups in total. The van der Waals surface area contributed by atoms with Crippen molar-refractivity contribution in [3.8, 4) is 0 Å². The minimum atomic E-state index is -1.53. The maximum atomic E-state index is 13.6. The van der Waals surface area contributed by atoms with Gasteiger partial charge in [0.25, 0.3) is 0 Å². The van der Waals surface area contributed by atoms with Crippen molar-refractivity contribution in [2.75, 3.05) is 52.9 Å². The number of carbonyl (C=O) groups excluding carboxylic acids is 1. The van der Waals surface area contributed by atoms with Gasteiger partial charge in [0.15, 0.2) is 0 Å². The molecule has 0 aromatic heterocycles. The number of alkyl halides is 1. The van der Waals surface area contributed by atoms with E-state index in [1.54, 1.807) is 0 Å². The summed E-state index contributed by atoms with van der Waals surface area (Å²) in [6, 6.07) is 1.40. The van der Waals surface area contributed by atoms with Crippen LogP contribution < -0.4 is 0 Å². The second-order valence-electron chi connectivity index (χ2n) is 6.65. The molecule has 3 atom stereocenters. The van der Waals surface area contributed by atoms with E-state index in [0.717, 1.165) is 39.3 Å². The van der Waals surface area contributed by atoms with E-state index in [-0.39, 0.29) is 6.54 Å². The zero-order valence-electron chi connectivity index (χ0n) is 14.1. The van der Waals surface area contributed by atoms with Gasteiger partial charge in [-0.15, -0.1) is 0 Å². The molecule has 0 aromatic carbocycles. The van der Waals surface area contributed by atoms with Gasteiger partial charge >= 0.3 is 5.97 Å². The Labute approximate surface area is 133 Å². The van der Waals surface area contributed by atoms with Crippen LogP contribution in [0.15, 0.2) is 0 Å². The third-order valence-electron chi connectivity index (χ3n) is 5.15. The van der Waals surface area contributed by atoms with Gasteiger partial charge in [0.1, 0.15) is 0 Å². The van der Waals surface area contributed by atoms with Crippen molar-refractivity contribution in [1.29, 1.82) is 0 Å². The maximum Gasteiger partial charge on any atom is 0.341 e. The van der Waals surface area contributed by atoms with Crippen LogP contribution in [0.4, 0.5) is 4.39 Å². The first-order valence-corrected chi connectivity index (χ1v) is 8.43. The lowest BCUT2D eigenvalue weighted by molar-refractivity contribution is -0.147. The molecule has 0 bridgehead atoms. The quantitative estimate of drug-likeness (QED) is 0.683. The number of hydrogen-bond acceptors (Lipinski definition) is 5. The number of likely N-dealkylation sites (tertiary alicyclic amines) is 1. The summed E-state index contributed by atoms with van der Waals surface area (Å²) < 4.78 is 18.0. The molecule has 0 aromatic rings. The number of rotatable bonds is 6. The SMILES string of the molecule is COC(=O)[C@H](F)CN1CCN(CCN2[C@@H](C)CC[C@@H]2C)CC1. The molecule has 0 radical (unpaired) electrons. The molecule has 6 heteroatoms. The van der Waals surface area contributed by atoms with Crippen LogP contribution in [0, 0.1) is 0 Å². The summed E-state index contributed by atoms with van der Waals surface area (Å²) in [5.41, 5.74) is 0. The van der Waals surface area contributed by atoms with Gasteiger partial charge in [-0.3, -0.25) is 14.7 Å². The Morgan fingerprint density at radius 2 is 1.64 bits per heavy atom. The first-order valence-electron chi connectivity index (χ1n) is 8.43. The molecule has 2 rings (SSSR count). The maximum absolute atomic E-state index is 13.6. The highest BCUT2D eigenvalue weighted by Crippen LogP contribution is 2.22. The van der Waals surface area contributed by atoms with Gasteiger partial charge in [0.05, 0.1) is 7.11 Å². The number of esters is 1. The van der Waals surface area contributed by atoms with Gasteiger partial charge < -0.3 is 4.74 Å². The highest BCUT2D eigenvalue weighted by atomic mass is 19.1. The van der Waals surface area contributed by atoms with Crippen molar-refractivity contribution in [3.05, 3.63) is 0 Å². The number of methoxy groups -OCH3 is 1. The highest BCUT2D eigenvalue weighted by Gasteiger charge is 2.28. The van der Waals surface area contributed by atoms with Crippen molar-refractivity contribution in [1.82, 2.24) is 14.7 Å². The summed E-state index contributed by atoms with van der Waals surface area (Å²) in [6.45, 7) is 10.5. The summed E-state index contributed by atoms with van der Waals surface area (Å²) in [6.07, 6.45) is 1.09. The van der Waals surface area contributed by atoms with Gasteiger partial charge in [0.2, 0.25) is 6.17 Å². The molecule has 2 aliphatic rings. The summed E-state index contributed by atoms with van der Waals surface area (Å²) in [4.78, 5) is 18.2. The molecular formula is C16H30FN3O2. The average Bonchev–Trinajstić information content (AvgIpc) is 2.84. The normalized spacial score (nSPS) is 29.6. The van der Waals surface area contributed by atoms with Crippen LogP contribution in [-0.4, -0.2) is 91.8 Å². The Morgan fingerprint density at radius 3 is 2.18 bits per heavy atom. The van der Waals surface area contributed by atoms with Gasteiger partial charge in [-0.2, -0.15) is 0 Å². The molecule has 0 amide bonds. The predicted octanol–water partition coefficient (Wildman–Crippen LogP) is 0.988. The van der Waals surface area contributed by atoms with E-state index in [0.29, 0.717) is 12.1 Å². The number of carbonyl (C=O) groups is 1. The highest BCUT2D eigenvalue weighted by molar-refractivity contribution is 5.74. The predicted molar refractivity (Wildman–Crippen MR) is 84.7 cm³/mol. The molecule has 22 heavy (non-hydrogen) atoms. The monoisotopic (exact) mass is 315 g/mol. The molecular weight excluding hydrogens is 285 g/mol. The zero-order valence-corrected chi connectivity index (χ0v) is 14.1. The van der Waals surface area contributed by atoms with E-state index in [9.17, 15) is 9.18 Å². The van der Waals surface area contributed by atoms with Crippen molar-refractivity contribution in [3.63, 3.8) is 0 Å². The fourth-order valence-corrected chi connectivity index (χ4v) is 3.57. The molecule has 2 saturated heterocycles. The number of piperazine rings is 1. The lowest BCUT2D eigenvalue weighted by Gasteiger charge is -2.36. The minimum Gasteiger partial charge on any atom is -0.467 e. The fourth-order valence-electron chi connectivity index (χ4n) is 3.57. The fraction of sp³-hybridized carbons (Fsp3) is 0.938. The smallest absolute Gasteiger partial charge is 0.341 e. The van der Waals surface area contributed by atoms with Crippen LogP contribution >= 0.6 is 0 Å². The molecule has 0 spiro atoms. The Morgan fingerprint density at radius 1 is 1.09 bits per heavy atom. The Kier molecular flexibility index (Phi) is 6.59. The van der Waals surface area contributed by atoms with Crippen LogP contribution in [0.2, 0.25) is 0 Å². The average molecular weight is 315 g/mol. The van der Waals surface area contributed by atoms with Gasteiger partial charge in [0, 0.05) is 57.9 Å². The van der Waals surface area contributed by atoms with E-state index >= 15 is 0 Å². The van der Waals surface area contributed by atoms with E-state index in [1.165, 1.54) is 20.0 Å². The first kappa shape index (κ1) is 17.6. The van der Waals surface area contributed by atoms with Crippen LogP contribution in [0.5, 0.6) is 0 Å². The van der Waals surface area contributed by atoms with Gasteiger partial charge in [-0.1, -0.05) is 0 Å². The number of ether oxygens (including phenoxy) is 1. The molecule has 2 fully saturated rings. The van der Waals surface area contributed by atoms with Crippen LogP contribution in [-0.2, 0) is 9.53 Å². The van der Waals surface area contributed by atoms with E-state index in [2.05, 4.69) is 28.4 Å². The summed E-state index contributed by atoms with van der Waals surface area (Å²) in [5.74, 6) is -0.764. The second-order valence-corrected chi connectivity index (χ2v) is 6.65. The first-order chi connectivity index (χ1) is 10.5. The largest absolute Gasteiger partial charge is 0.467 e. The number of hydrogen-bond donors (Lipinski definition) is 0. The topological polar surface area (TPSA) is 36.0 Å². The van der Waals surface area contributed by atoms with Crippen LogP contribution in [0.1, 0.15) is 26.7 Å². The summed E-state index contributed by atoms with van der Waals surface area (Å²) in [7, 11) is 1.23. The molecule has 128 valence electrons. The Hall–Kier alpha value is -0.720. The van der Waals surface area contributed by atoms with E-state index in [4.69, 9.17) is 0 Å². The standard InChI is InChI=1S/C16H30FN3O2/c1-13-4-5-14(2)20(13)11-10-18-6-8-19(9-7-18)12-15(17)16(21)22-3/h13-15H,4-12H2,1-3H3/t13-,14-,15+/m0/s1. The van der Waals surface area contributed by atoms with Crippen molar-refractivity contribution >= 4 is 5.97 Å². The molecule has 5 nitrogen and oxygen atoms in total. The Bertz CT molecular complexity index is 351. The van der Waals surface area contributed by atoms with Crippen molar-refractivity contribution in [2.45, 2.75) is 44.9 Å². The molecule has 2 heterocycles. The second kappa shape index (κ2) is 8.22. The van der Waals surface area contributed by atoms with E-state index in [1.807, 2.05) is 4.90 Å². The summed E-state index contributed by atoms with van der Waals surface area (Å²) in [5, 5.41) is 0. The summed E-state index contributed by atoms with van der Waals surface area (Å²) >= 11 is 0.